The highest BCUT2D eigenvalue weighted by Crippen LogP contribution is 2.16. The molecule has 0 aliphatic rings. The third-order valence-electron chi connectivity index (χ3n) is 2.58. The Kier molecular flexibility index (Phi) is 5.30. The number of pyridine rings is 1. The molecule has 0 saturated heterocycles. The van der Waals surface area contributed by atoms with Gasteiger partial charge in [0.25, 0.3) is 0 Å². The Hall–Kier alpha value is -0.370. The van der Waals surface area contributed by atoms with Crippen LogP contribution in [0.25, 0.3) is 0 Å². The first-order chi connectivity index (χ1) is 7.11. The van der Waals surface area contributed by atoms with Crippen LogP contribution in [0.1, 0.15) is 38.4 Å². The molecule has 1 aromatic heterocycles. The Balaban J connectivity index is 2.49. The number of hydrogen-bond donors (Lipinski definition) is 0. The van der Waals surface area contributed by atoms with Crippen molar-refractivity contribution in [3.8, 4) is 0 Å². The molecule has 0 aliphatic heterocycles. The van der Waals surface area contributed by atoms with Gasteiger partial charge in [0.05, 0.1) is 0 Å². The SMILES string of the molecule is CCc1ccc(CC(C)CC(C)Br)nc1. The predicted octanol–water partition coefficient (Wildman–Crippen LogP) is 4.00. The molecule has 0 spiro atoms. The maximum atomic E-state index is 4.48. The van der Waals surface area contributed by atoms with Crippen molar-refractivity contribution in [3.63, 3.8) is 0 Å². The smallest absolute Gasteiger partial charge is 0.0406 e. The Labute approximate surface area is 101 Å². The van der Waals surface area contributed by atoms with Gasteiger partial charge in [-0.3, -0.25) is 4.98 Å². The zero-order valence-corrected chi connectivity index (χ0v) is 11.4. The average Bonchev–Trinajstić information content (AvgIpc) is 2.17. The number of alkyl halides is 1. The van der Waals surface area contributed by atoms with Crippen molar-refractivity contribution in [3.05, 3.63) is 29.6 Å². The highest BCUT2D eigenvalue weighted by atomic mass is 79.9. The van der Waals surface area contributed by atoms with E-state index in [1.807, 2.05) is 6.20 Å². The number of halogens is 1. The fourth-order valence-electron chi connectivity index (χ4n) is 1.78. The predicted molar refractivity (Wildman–Crippen MR) is 69.5 cm³/mol. The Morgan fingerprint density at radius 2 is 2.07 bits per heavy atom. The minimum absolute atomic E-state index is 0.599. The molecule has 0 fully saturated rings. The average molecular weight is 270 g/mol. The van der Waals surface area contributed by atoms with Crippen LogP contribution < -0.4 is 0 Å². The van der Waals surface area contributed by atoms with Crippen LogP contribution in [0.4, 0.5) is 0 Å². The highest BCUT2D eigenvalue weighted by Gasteiger charge is 2.07. The zero-order chi connectivity index (χ0) is 11.3. The van der Waals surface area contributed by atoms with E-state index in [4.69, 9.17) is 0 Å². The van der Waals surface area contributed by atoms with Gasteiger partial charge >= 0.3 is 0 Å². The monoisotopic (exact) mass is 269 g/mol. The van der Waals surface area contributed by atoms with E-state index in [9.17, 15) is 0 Å². The summed E-state index contributed by atoms with van der Waals surface area (Å²) >= 11 is 3.59. The van der Waals surface area contributed by atoms with E-state index in [1.54, 1.807) is 0 Å². The maximum absolute atomic E-state index is 4.48. The second-order valence-corrected chi connectivity index (χ2v) is 5.90. The van der Waals surface area contributed by atoms with Crippen molar-refractivity contribution in [2.24, 2.45) is 5.92 Å². The molecule has 0 bridgehead atoms. The summed E-state index contributed by atoms with van der Waals surface area (Å²) in [6.45, 7) is 6.64. The van der Waals surface area contributed by atoms with E-state index < -0.39 is 0 Å². The molecule has 1 rings (SSSR count). The van der Waals surface area contributed by atoms with Crippen molar-refractivity contribution >= 4 is 15.9 Å². The molecule has 84 valence electrons. The molecule has 1 heterocycles. The van der Waals surface area contributed by atoms with Gasteiger partial charge in [0.15, 0.2) is 0 Å². The van der Waals surface area contributed by atoms with Crippen LogP contribution in [-0.2, 0) is 12.8 Å². The van der Waals surface area contributed by atoms with Gasteiger partial charge in [0.1, 0.15) is 0 Å². The Morgan fingerprint density at radius 3 is 2.53 bits per heavy atom. The number of aromatic nitrogens is 1. The van der Waals surface area contributed by atoms with Gasteiger partial charge < -0.3 is 0 Å². The molecule has 1 nitrogen and oxygen atoms in total. The van der Waals surface area contributed by atoms with E-state index >= 15 is 0 Å². The summed E-state index contributed by atoms with van der Waals surface area (Å²) in [5.41, 5.74) is 2.54. The van der Waals surface area contributed by atoms with Crippen molar-refractivity contribution in [1.82, 2.24) is 4.98 Å². The summed E-state index contributed by atoms with van der Waals surface area (Å²) in [6, 6.07) is 4.35. The molecular formula is C13H20BrN. The van der Waals surface area contributed by atoms with Gasteiger partial charge in [0, 0.05) is 16.7 Å². The lowest BCUT2D eigenvalue weighted by Gasteiger charge is -2.12. The lowest BCUT2D eigenvalue weighted by molar-refractivity contribution is 0.526. The molecule has 0 radical (unpaired) electrons. The van der Waals surface area contributed by atoms with Gasteiger partial charge in [-0.25, -0.2) is 0 Å². The van der Waals surface area contributed by atoms with Gasteiger partial charge in [-0.05, 0) is 36.8 Å². The summed E-state index contributed by atoms with van der Waals surface area (Å²) in [5, 5.41) is 0. The van der Waals surface area contributed by atoms with Crippen LogP contribution in [0.5, 0.6) is 0 Å². The molecule has 2 atom stereocenters. The minimum Gasteiger partial charge on any atom is -0.261 e. The summed E-state index contributed by atoms with van der Waals surface area (Å²) < 4.78 is 0. The first kappa shape index (κ1) is 12.7. The van der Waals surface area contributed by atoms with Crippen LogP contribution in [0, 0.1) is 5.92 Å². The van der Waals surface area contributed by atoms with E-state index in [2.05, 4.69) is 53.8 Å². The quantitative estimate of drug-likeness (QED) is 0.737. The van der Waals surface area contributed by atoms with Crippen LogP contribution in [0.15, 0.2) is 18.3 Å². The van der Waals surface area contributed by atoms with Crippen molar-refractivity contribution in [2.75, 3.05) is 0 Å². The second-order valence-electron chi connectivity index (χ2n) is 4.34. The number of hydrogen-bond acceptors (Lipinski definition) is 1. The van der Waals surface area contributed by atoms with E-state index in [1.165, 1.54) is 17.7 Å². The maximum Gasteiger partial charge on any atom is 0.0406 e. The number of aryl methyl sites for hydroxylation is 1. The normalized spacial score (nSPS) is 14.9. The molecular weight excluding hydrogens is 250 g/mol. The summed E-state index contributed by atoms with van der Waals surface area (Å²) in [5.74, 6) is 0.694. The molecule has 1 aromatic rings. The van der Waals surface area contributed by atoms with Crippen LogP contribution in [-0.4, -0.2) is 9.81 Å². The standard InChI is InChI=1S/C13H20BrN/c1-4-12-5-6-13(15-9-12)8-10(2)7-11(3)14/h5-6,9-11H,4,7-8H2,1-3H3. The van der Waals surface area contributed by atoms with Crippen LogP contribution in [0.3, 0.4) is 0 Å². The molecule has 2 unspecified atom stereocenters. The molecule has 0 N–H and O–H groups in total. The molecule has 0 aromatic carbocycles. The highest BCUT2D eigenvalue weighted by molar-refractivity contribution is 9.09. The Morgan fingerprint density at radius 1 is 1.33 bits per heavy atom. The van der Waals surface area contributed by atoms with Crippen molar-refractivity contribution < 1.29 is 0 Å². The van der Waals surface area contributed by atoms with Gasteiger partial charge in [-0.2, -0.15) is 0 Å². The van der Waals surface area contributed by atoms with Crippen molar-refractivity contribution in [1.29, 1.82) is 0 Å². The van der Waals surface area contributed by atoms with E-state index in [0.717, 1.165) is 12.8 Å². The summed E-state index contributed by atoms with van der Waals surface area (Å²) in [7, 11) is 0. The van der Waals surface area contributed by atoms with Gasteiger partial charge in [0.2, 0.25) is 0 Å². The van der Waals surface area contributed by atoms with Gasteiger partial charge in [-0.1, -0.05) is 42.8 Å². The molecule has 0 saturated carbocycles. The van der Waals surface area contributed by atoms with Crippen molar-refractivity contribution in [2.45, 2.75) is 44.9 Å². The lowest BCUT2D eigenvalue weighted by Crippen LogP contribution is -2.06. The molecule has 2 heteroatoms. The van der Waals surface area contributed by atoms with Crippen LogP contribution in [0.2, 0.25) is 0 Å². The zero-order valence-electron chi connectivity index (χ0n) is 9.83. The fraction of sp³-hybridized carbons (Fsp3) is 0.615. The molecule has 0 amide bonds. The third-order valence-corrected chi connectivity index (χ3v) is 2.95. The third kappa shape index (κ3) is 4.78. The van der Waals surface area contributed by atoms with Gasteiger partial charge in [-0.15, -0.1) is 0 Å². The van der Waals surface area contributed by atoms with E-state index in [-0.39, 0.29) is 0 Å². The van der Waals surface area contributed by atoms with Crippen LogP contribution >= 0.6 is 15.9 Å². The summed E-state index contributed by atoms with van der Waals surface area (Å²) in [6.07, 6.45) is 5.36. The minimum atomic E-state index is 0.599. The first-order valence-corrected chi connectivity index (χ1v) is 6.61. The van der Waals surface area contributed by atoms with E-state index in [0.29, 0.717) is 10.7 Å². The second kappa shape index (κ2) is 6.26. The number of rotatable bonds is 5. The topological polar surface area (TPSA) is 12.9 Å². The lowest BCUT2D eigenvalue weighted by atomic mass is 9.99. The molecule has 0 aliphatic carbocycles. The number of nitrogens with zero attached hydrogens (tertiary/aromatic N) is 1. The summed E-state index contributed by atoms with van der Waals surface area (Å²) in [4.78, 5) is 5.08. The first-order valence-electron chi connectivity index (χ1n) is 5.69. The largest absolute Gasteiger partial charge is 0.261 e. The fourth-order valence-corrected chi connectivity index (χ4v) is 2.42. The molecule has 15 heavy (non-hydrogen) atoms. The Bertz CT molecular complexity index is 279.